The average molecular weight is 285 g/mol. The Kier molecular flexibility index (Phi) is 5.63. The molecule has 0 fully saturated rings. The van der Waals surface area contributed by atoms with Crippen LogP contribution in [0.15, 0.2) is 36.4 Å². The van der Waals surface area contributed by atoms with Gasteiger partial charge in [-0.2, -0.15) is 0 Å². The Morgan fingerprint density at radius 3 is 2.62 bits per heavy atom. The summed E-state index contributed by atoms with van der Waals surface area (Å²) in [6.45, 7) is 4.53. The molecule has 2 aromatic carbocycles. The van der Waals surface area contributed by atoms with Gasteiger partial charge in [-0.25, -0.2) is 0 Å². The Hall–Kier alpha value is -1.54. The third-order valence-electron chi connectivity index (χ3n) is 4.02. The van der Waals surface area contributed by atoms with E-state index in [-0.39, 0.29) is 6.04 Å². The molecule has 1 unspecified atom stereocenters. The van der Waals surface area contributed by atoms with Gasteiger partial charge in [0.1, 0.15) is 5.75 Å². The van der Waals surface area contributed by atoms with Crippen molar-refractivity contribution in [3.8, 4) is 5.75 Å². The molecular formula is C19H27NO. The van der Waals surface area contributed by atoms with Gasteiger partial charge in [0.2, 0.25) is 0 Å². The third kappa shape index (κ3) is 4.47. The van der Waals surface area contributed by atoms with Crippen LogP contribution in [0.5, 0.6) is 5.75 Å². The molecule has 0 aliphatic carbocycles. The van der Waals surface area contributed by atoms with Gasteiger partial charge in [-0.3, -0.25) is 0 Å². The number of rotatable bonds is 7. The van der Waals surface area contributed by atoms with Crippen molar-refractivity contribution < 1.29 is 4.74 Å². The maximum atomic E-state index is 6.32. The molecule has 0 aliphatic heterocycles. The predicted octanol–water partition coefficient (Wildman–Crippen LogP) is 4.54. The second kappa shape index (κ2) is 7.46. The molecule has 2 N–H and O–H groups in total. The van der Waals surface area contributed by atoms with Gasteiger partial charge in [-0.05, 0) is 47.2 Å². The minimum absolute atomic E-state index is 0.237. The van der Waals surface area contributed by atoms with Crippen LogP contribution < -0.4 is 10.5 Å². The molecule has 2 nitrogen and oxygen atoms in total. The molecule has 0 saturated heterocycles. The molecule has 2 aromatic rings. The molecule has 0 heterocycles. The fourth-order valence-electron chi connectivity index (χ4n) is 2.79. The second-order valence-corrected chi connectivity index (χ2v) is 6.29. The van der Waals surface area contributed by atoms with E-state index in [1.54, 1.807) is 7.11 Å². The molecule has 0 aromatic heterocycles. The number of hydrogen-bond acceptors (Lipinski definition) is 2. The summed E-state index contributed by atoms with van der Waals surface area (Å²) < 4.78 is 5.34. The largest absolute Gasteiger partial charge is 0.497 e. The summed E-state index contributed by atoms with van der Waals surface area (Å²) in [7, 11) is 1.71. The first-order chi connectivity index (χ1) is 10.1. The van der Waals surface area contributed by atoms with Crippen molar-refractivity contribution in [1.82, 2.24) is 0 Å². The van der Waals surface area contributed by atoms with Crippen LogP contribution in [-0.4, -0.2) is 13.2 Å². The highest BCUT2D eigenvalue weighted by Crippen LogP contribution is 2.25. The van der Waals surface area contributed by atoms with Crippen molar-refractivity contribution in [1.29, 1.82) is 0 Å². The first-order valence-electron chi connectivity index (χ1n) is 7.91. The van der Waals surface area contributed by atoms with E-state index in [1.807, 2.05) is 6.07 Å². The predicted molar refractivity (Wildman–Crippen MR) is 90.9 cm³/mol. The minimum atomic E-state index is 0.237. The molecule has 0 amide bonds. The molecule has 2 rings (SSSR count). The van der Waals surface area contributed by atoms with E-state index in [0.717, 1.165) is 24.5 Å². The smallest absolute Gasteiger partial charge is 0.119 e. The van der Waals surface area contributed by atoms with Crippen molar-refractivity contribution in [3.63, 3.8) is 0 Å². The molecule has 0 bridgehead atoms. The molecule has 2 heteroatoms. The number of benzene rings is 2. The van der Waals surface area contributed by atoms with Crippen LogP contribution >= 0.6 is 0 Å². The van der Waals surface area contributed by atoms with Crippen molar-refractivity contribution in [2.24, 2.45) is 11.7 Å². The van der Waals surface area contributed by atoms with Crippen LogP contribution in [0.25, 0.3) is 10.8 Å². The summed E-state index contributed by atoms with van der Waals surface area (Å²) in [5, 5.41) is 2.51. The number of fused-ring (bicyclic) bond motifs is 1. The Balaban J connectivity index is 2.10. The zero-order valence-electron chi connectivity index (χ0n) is 13.4. The lowest BCUT2D eigenvalue weighted by molar-refractivity contribution is 0.415. The monoisotopic (exact) mass is 285 g/mol. The topological polar surface area (TPSA) is 35.2 Å². The number of nitrogens with two attached hydrogens (primary N) is 1. The summed E-state index contributed by atoms with van der Waals surface area (Å²) in [4.78, 5) is 0. The zero-order chi connectivity index (χ0) is 15.2. The van der Waals surface area contributed by atoms with Crippen LogP contribution in [0.3, 0.4) is 0 Å². The van der Waals surface area contributed by atoms with Gasteiger partial charge in [0, 0.05) is 6.04 Å². The van der Waals surface area contributed by atoms with E-state index < -0.39 is 0 Å². The van der Waals surface area contributed by atoms with Gasteiger partial charge in [0.05, 0.1) is 7.11 Å². The highest BCUT2D eigenvalue weighted by atomic mass is 16.5. The number of hydrogen-bond donors (Lipinski definition) is 1. The Morgan fingerprint density at radius 2 is 1.90 bits per heavy atom. The van der Waals surface area contributed by atoms with Crippen LogP contribution in [0.2, 0.25) is 0 Å². The van der Waals surface area contributed by atoms with Gasteiger partial charge < -0.3 is 10.5 Å². The quantitative estimate of drug-likeness (QED) is 0.810. The number of ether oxygens (including phenoxy) is 1. The van der Waals surface area contributed by atoms with Gasteiger partial charge in [0.25, 0.3) is 0 Å². The summed E-state index contributed by atoms with van der Waals surface area (Å²) in [6, 6.07) is 12.9. The van der Waals surface area contributed by atoms with Crippen molar-refractivity contribution in [2.75, 3.05) is 7.11 Å². The lowest BCUT2D eigenvalue weighted by Gasteiger charge is -2.14. The molecule has 21 heavy (non-hydrogen) atoms. The van der Waals surface area contributed by atoms with E-state index in [1.165, 1.54) is 29.2 Å². The first kappa shape index (κ1) is 15.8. The zero-order valence-corrected chi connectivity index (χ0v) is 13.4. The van der Waals surface area contributed by atoms with Gasteiger partial charge in [-0.1, -0.05) is 51.0 Å². The molecule has 1 atom stereocenters. The summed E-state index contributed by atoms with van der Waals surface area (Å²) >= 11 is 0. The lowest BCUT2D eigenvalue weighted by atomic mass is 9.95. The Labute approximate surface area is 128 Å². The summed E-state index contributed by atoms with van der Waals surface area (Å²) in [5.41, 5.74) is 7.64. The maximum absolute atomic E-state index is 6.32. The van der Waals surface area contributed by atoms with Crippen molar-refractivity contribution in [3.05, 3.63) is 42.0 Å². The SMILES string of the molecule is COc1ccc2cccc(CC(N)CCCC(C)C)c2c1. The van der Waals surface area contributed by atoms with Crippen LogP contribution in [0.4, 0.5) is 0 Å². The van der Waals surface area contributed by atoms with E-state index in [4.69, 9.17) is 10.5 Å². The highest BCUT2D eigenvalue weighted by molar-refractivity contribution is 5.87. The van der Waals surface area contributed by atoms with E-state index in [9.17, 15) is 0 Å². The Bertz CT molecular complexity index is 577. The molecule has 0 aliphatic rings. The molecular weight excluding hydrogens is 258 g/mol. The van der Waals surface area contributed by atoms with Crippen molar-refractivity contribution in [2.45, 2.75) is 45.6 Å². The van der Waals surface area contributed by atoms with Gasteiger partial charge >= 0.3 is 0 Å². The van der Waals surface area contributed by atoms with E-state index >= 15 is 0 Å². The standard InChI is InChI=1S/C19H27NO/c1-14(2)6-4-9-17(20)12-16-8-5-7-15-10-11-18(21-3)13-19(15)16/h5,7-8,10-11,13-14,17H,4,6,9,12,20H2,1-3H3. The summed E-state index contributed by atoms with van der Waals surface area (Å²) in [5.74, 6) is 1.67. The second-order valence-electron chi connectivity index (χ2n) is 6.29. The molecule has 0 saturated carbocycles. The number of methoxy groups -OCH3 is 1. The normalized spacial score (nSPS) is 12.8. The third-order valence-corrected chi connectivity index (χ3v) is 4.02. The molecule has 0 radical (unpaired) electrons. The first-order valence-corrected chi connectivity index (χ1v) is 7.91. The minimum Gasteiger partial charge on any atom is -0.497 e. The van der Waals surface area contributed by atoms with E-state index in [0.29, 0.717) is 0 Å². The van der Waals surface area contributed by atoms with Crippen molar-refractivity contribution >= 4 is 10.8 Å². The average Bonchev–Trinajstić information content (AvgIpc) is 2.46. The fraction of sp³-hybridized carbons (Fsp3) is 0.474. The van der Waals surface area contributed by atoms with Crippen LogP contribution in [0, 0.1) is 5.92 Å². The molecule has 0 spiro atoms. The molecule has 114 valence electrons. The fourth-order valence-corrected chi connectivity index (χ4v) is 2.79. The lowest BCUT2D eigenvalue weighted by Crippen LogP contribution is -2.22. The van der Waals surface area contributed by atoms with Gasteiger partial charge in [-0.15, -0.1) is 0 Å². The summed E-state index contributed by atoms with van der Waals surface area (Å²) in [6.07, 6.45) is 4.51. The van der Waals surface area contributed by atoms with Gasteiger partial charge in [0.15, 0.2) is 0 Å². The Morgan fingerprint density at radius 1 is 1.10 bits per heavy atom. The van der Waals surface area contributed by atoms with E-state index in [2.05, 4.69) is 44.2 Å². The van der Waals surface area contributed by atoms with Crippen LogP contribution in [0.1, 0.15) is 38.7 Å². The van der Waals surface area contributed by atoms with Crippen LogP contribution in [-0.2, 0) is 6.42 Å². The maximum Gasteiger partial charge on any atom is 0.119 e. The highest BCUT2D eigenvalue weighted by Gasteiger charge is 2.08.